The lowest BCUT2D eigenvalue weighted by Gasteiger charge is -2.29. The van der Waals surface area contributed by atoms with Crippen LogP contribution in [0.2, 0.25) is 0 Å². The van der Waals surface area contributed by atoms with Crippen LogP contribution < -0.4 is 10.6 Å². The van der Waals surface area contributed by atoms with Gasteiger partial charge in [-0.1, -0.05) is 30.3 Å². The third-order valence-corrected chi connectivity index (χ3v) is 5.18. The normalized spacial score (nSPS) is 17.5. The van der Waals surface area contributed by atoms with Crippen LogP contribution in [0.15, 0.2) is 66.4 Å². The van der Waals surface area contributed by atoms with Crippen LogP contribution >= 0.6 is 0 Å². The van der Waals surface area contributed by atoms with E-state index in [1.54, 1.807) is 12.1 Å². The van der Waals surface area contributed by atoms with Gasteiger partial charge in [0.15, 0.2) is 5.76 Å². The summed E-state index contributed by atoms with van der Waals surface area (Å²) in [5.74, 6) is -0.121. The van der Waals surface area contributed by atoms with Crippen molar-refractivity contribution in [3.63, 3.8) is 0 Å². The molecule has 3 rings (SSSR count). The average Bonchev–Trinajstić information content (AvgIpc) is 2.85. The van der Waals surface area contributed by atoms with Crippen molar-refractivity contribution in [2.75, 3.05) is 31.6 Å². The largest absolute Gasteiger partial charge is 0.459 e. The molecule has 1 heterocycles. The number of benzene rings is 2. The third-order valence-electron chi connectivity index (χ3n) is 5.18. The number of nitro groups is 1. The number of nitrogens with one attached hydrogen (secondary N) is 2. The molecule has 1 aliphatic heterocycles. The molecule has 9 heteroatoms. The molecule has 0 spiro atoms. The maximum atomic E-state index is 12.7. The van der Waals surface area contributed by atoms with Crippen molar-refractivity contribution >= 4 is 17.3 Å². The van der Waals surface area contributed by atoms with Gasteiger partial charge in [0.1, 0.15) is 0 Å². The number of aliphatic hydroxyl groups excluding tert-OH is 1. The van der Waals surface area contributed by atoms with Gasteiger partial charge < -0.3 is 25.2 Å². The molecule has 33 heavy (non-hydrogen) atoms. The Morgan fingerprint density at radius 3 is 2.58 bits per heavy atom. The van der Waals surface area contributed by atoms with Crippen molar-refractivity contribution in [3.05, 3.63) is 82.1 Å². The number of aliphatic hydroxyl groups is 1. The van der Waals surface area contributed by atoms with Crippen LogP contribution in [0, 0.1) is 10.1 Å². The monoisotopic (exact) mass is 455 g/mol. The zero-order valence-electron chi connectivity index (χ0n) is 18.3. The highest BCUT2D eigenvalue weighted by Crippen LogP contribution is 2.31. The molecule has 0 fully saturated rings. The molecule has 0 unspecified atom stereocenters. The second-order valence-corrected chi connectivity index (χ2v) is 7.62. The van der Waals surface area contributed by atoms with Crippen molar-refractivity contribution in [3.8, 4) is 0 Å². The van der Waals surface area contributed by atoms with Crippen LogP contribution in [0.4, 0.5) is 11.4 Å². The van der Waals surface area contributed by atoms with Gasteiger partial charge in [0.05, 0.1) is 11.5 Å². The Kier molecular flexibility index (Phi) is 9.22. The lowest BCUT2D eigenvalue weighted by Crippen LogP contribution is -2.35. The Morgan fingerprint density at radius 1 is 1.12 bits per heavy atom. The molecule has 0 radical (unpaired) electrons. The van der Waals surface area contributed by atoms with Crippen molar-refractivity contribution in [1.29, 1.82) is 0 Å². The Morgan fingerprint density at radius 2 is 1.88 bits per heavy atom. The summed E-state index contributed by atoms with van der Waals surface area (Å²) in [5.41, 5.74) is 1.83. The van der Waals surface area contributed by atoms with Crippen LogP contribution in [0.25, 0.3) is 0 Å². The Hall–Kier alpha value is -3.43. The highest BCUT2D eigenvalue weighted by atomic mass is 16.7. The number of amides is 1. The van der Waals surface area contributed by atoms with Crippen molar-refractivity contribution in [2.45, 2.75) is 31.5 Å². The minimum atomic E-state index is -0.544. The van der Waals surface area contributed by atoms with Crippen LogP contribution in [0.3, 0.4) is 0 Å². The Labute approximate surface area is 192 Å². The summed E-state index contributed by atoms with van der Waals surface area (Å²) in [6.45, 7) is 1.35. The standard InChI is InChI=1S/C24H29N3O6/c28-14-4-5-15-32-23-17-19(18-6-2-1-3-7-18)16-22(33-23)24(29)26-13-12-25-20-8-10-21(11-9-20)27(30)31/h1-3,6-11,16,19,23,25,28H,4-5,12-15,17H2,(H,26,29)/t19-,23+/m1/s1. The van der Waals surface area contributed by atoms with Crippen LogP contribution in [0.5, 0.6) is 0 Å². The first-order chi connectivity index (χ1) is 16.1. The molecule has 2 aromatic carbocycles. The van der Waals surface area contributed by atoms with E-state index in [1.807, 2.05) is 36.4 Å². The number of rotatable bonds is 12. The lowest BCUT2D eigenvalue weighted by molar-refractivity contribution is -0.384. The molecule has 0 bridgehead atoms. The second kappa shape index (κ2) is 12.6. The predicted octanol–water partition coefficient (Wildman–Crippen LogP) is 3.33. The number of anilines is 1. The van der Waals surface area contributed by atoms with Crippen molar-refractivity contribution in [2.24, 2.45) is 0 Å². The van der Waals surface area contributed by atoms with Gasteiger partial charge in [-0.15, -0.1) is 0 Å². The fraction of sp³-hybridized carbons (Fsp3) is 0.375. The zero-order valence-corrected chi connectivity index (χ0v) is 18.3. The van der Waals surface area contributed by atoms with Crippen LogP contribution in [0.1, 0.15) is 30.7 Å². The van der Waals surface area contributed by atoms with E-state index in [0.717, 1.165) is 11.3 Å². The molecule has 9 nitrogen and oxygen atoms in total. The maximum absolute atomic E-state index is 12.7. The molecule has 0 aromatic heterocycles. The van der Waals surface area contributed by atoms with E-state index < -0.39 is 11.2 Å². The SMILES string of the molecule is O=C(NCCNc1ccc([N+](=O)[O-])cc1)C1=C[C@@H](c2ccccc2)C[C@@H](OCCCCO)O1. The number of hydrogen-bond donors (Lipinski definition) is 3. The Balaban J connectivity index is 1.54. The highest BCUT2D eigenvalue weighted by Gasteiger charge is 2.28. The van der Waals surface area contributed by atoms with Gasteiger partial charge in [0.2, 0.25) is 6.29 Å². The van der Waals surface area contributed by atoms with Gasteiger partial charge in [-0.3, -0.25) is 14.9 Å². The molecule has 2 aromatic rings. The first-order valence-electron chi connectivity index (χ1n) is 11.0. The van der Waals surface area contributed by atoms with Gasteiger partial charge in [0.25, 0.3) is 11.6 Å². The van der Waals surface area contributed by atoms with E-state index >= 15 is 0 Å². The number of nitro benzene ring substituents is 1. The number of carbonyl (C=O) groups excluding carboxylic acids is 1. The fourth-order valence-electron chi connectivity index (χ4n) is 3.45. The highest BCUT2D eigenvalue weighted by molar-refractivity contribution is 5.91. The van der Waals surface area contributed by atoms with Crippen molar-refractivity contribution < 1.29 is 24.3 Å². The molecule has 1 aliphatic rings. The second-order valence-electron chi connectivity index (χ2n) is 7.62. The number of carbonyl (C=O) groups is 1. The molecular formula is C24H29N3O6. The lowest BCUT2D eigenvalue weighted by atomic mass is 9.93. The zero-order chi connectivity index (χ0) is 23.5. The number of nitrogens with zero attached hydrogens (tertiary/aromatic N) is 1. The summed E-state index contributed by atoms with van der Waals surface area (Å²) in [5, 5.41) is 25.6. The fourth-order valence-corrected chi connectivity index (χ4v) is 3.45. The number of non-ortho nitro benzene ring substituents is 1. The summed E-state index contributed by atoms with van der Waals surface area (Å²) in [4.78, 5) is 23.0. The predicted molar refractivity (Wildman–Crippen MR) is 124 cm³/mol. The molecule has 1 amide bonds. The summed E-state index contributed by atoms with van der Waals surface area (Å²) in [6, 6.07) is 16.0. The van der Waals surface area contributed by atoms with E-state index in [0.29, 0.717) is 39.0 Å². The first-order valence-corrected chi connectivity index (χ1v) is 11.0. The van der Waals surface area contributed by atoms with E-state index in [-0.39, 0.29) is 29.9 Å². The molecule has 176 valence electrons. The molecule has 0 saturated carbocycles. The Bertz CT molecular complexity index is 933. The molecule has 2 atom stereocenters. The molecular weight excluding hydrogens is 426 g/mol. The third kappa shape index (κ3) is 7.58. The molecule has 0 aliphatic carbocycles. The van der Waals surface area contributed by atoms with Crippen LogP contribution in [-0.4, -0.2) is 48.5 Å². The minimum absolute atomic E-state index is 0.0122. The van der Waals surface area contributed by atoms with E-state index in [9.17, 15) is 14.9 Å². The van der Waals surface area contributed by atoms with Gasteiger partial charge >= 0.3 is 0 Å². The first kappa shape index (κ1) is 24.2. The van der Waals surface area contributed by atoms with Gasteiger partial charge in [-0.05, 0) is 36.6 Å². The van der Waals surface area contributed by atoms with E-state index in [2.05, 4.69) is 10.6 Å². The van der Waals surface area contributed by atoms with Crippen molar-refractivity contribution in [1.82, 2.24) is 5.32 Å². The average molecular weight is 456 g/mol. The van der Waals surface area contributed by atoms with E-state index in [4.69, 9.17) is 14.6 Å². The number of allylic oxidation sites excluding steroid dienone is 1. The molecule has 0 saturated heterocycles. The summed E-state index contributed by atoms with van der Waals surface area (Å²) < 4.78 is 11.6. The summed E-state index contributed by atoms with van der Waals surface area (Å²) in [7, 11) is 0. The van der Waals surface area contributed by atoms with E-state index in [1.165, 1.54) is 12.1 Å². The van der Waals surface area contributed by atoms with Gasteiger partial charge in [0, 0.05) is 49.9 Å². The number of ether oxygens (including phenoxy) is 2. The maximum Gasteiger partial charge on any atom is 0.286 e. The summed E-state index contributed by atoms with van der Waals surface area (Å²) >= 11 is 0. The quantitative estimate of drug-likeness (QED) is 0.255. The van der Waals surface area contributed by atoms with Gasteiger partial charge in [-0.2, -0.15) is 0 Å². The number of hydrogen-bond acceptors (Lipinski definition) is 7. The topological polar surface area (TPSA) is 123 Å². The summed E-state index contributed by atoms with van der Waals surface area (Å²) in [6.07, 6.45) is 3.24. The van der Waals surface area contributed by atoms with Crippen LogP contribution in [-0.2, 0) is 14.3 Å². The van der Waals surface area contributed by atoms with Gasteiger partial charge in [-0.25, -0.2) is 0 Å². The molecule has 3 N–H and O–H groups in total. The number of unbranched alkanes of at least 4 members (excludes halogenated alkanes) is 1. The smallest absolute Gasteiger partial charge is 0.286 e. The minimum Gasteiger partial charge on any atom is -0.459 e.